The summed E-state index contributed by atoms with van der Waals surface area (Å²) < 4.78 is 1.70. The van der Waals surface area contributed by atoms with Crippen LogP contribution in [0.4, 0.5) is 5.95 Å². The summed E-state index contributed by atoms with van der Waals surface area (Å²) in [4.78, 5) is 25.1. The van der Waals surface area contributed by atoms with Crippen LogP contribution in [0.2, 0.25) is 0 Å². The molecule has 1 aromatic carbocycles. The van der Waals surface area contributed by atoms with Crippen molar-refractivity contribution < 1.29 is 4.79 Å². The van der Waals surface area contributed by atoms with Gasteiger partial charge in [-0.1, -0.05) is 17.7 Å². The van der Waals surface area contributed by atoms with E-state index in [9.17, 15) is 4.79 Å². The highest BCUT2D eigenvalue weighted by Gasteiger charge is 2.26. The Bertz CT molecular complexity index is 1250. The first-order chi connectivity index (χ1) is 14.6. The smallest absolute Gasteiger partial charge is 0.225 e. The number of fused-ring (bicyclic) bond motifs is 2. The van der Waals surface area contributed by atoms with Crippen molar-refractivity contribution in [2.75, 3.05) is 5.32 Å². The van der Waals surface area contributed by atoms with E-state index in [1.54, 1.807) is 10.9 Å². The van der Waals surface area contributed by atoms with Crippen LogP contribution in [0.15, 0.2) is 36.5 Å². The molecule has 9 nitrogen and oxygen atoms in total. The second-order valence-corrected chi connectivity index (χ2v) is 7.84. The minimum absolute atomic E-state index is 0.0954. The van der Waals surface area contributed by atoms with Gasteiger partial charge in [0.25, 0.3) is 0 Å². The average molecular weight is 402 g/mol. The molecule has 1 aliphatic rings. The summed E-state index contributed by atoms with van der Waals surface area (Å²) in [5, 5.41) is 12.8. The number of carbonyl (C=O) groups excluding carboxylic acids is 1. The standard InChI is InChI=1S/C21H22N8O/c1-12-5-6-13-10-16(7-8-17(13)24-12)29-20-18(27-28-29)11-23-21(26-20)25-15-4-2-3-14(9-15)19(22)30/h5-8,10-11,14-15H,2-4,9H2,1H3,(H2,22,30)(H,23,25,26). The molecule has 5 rings (SSSR count). The fourth-order valence-corrected chi connectivity index (χ4v) is 4.08. The fourth-order valence-electron chi connectivity index (χ4n) is 4.08. The van der Waals surface area contributed by atoms with E-state index in [1.165, 1.54) is 0 Å². The van der Waals surface area contributed by atoms with Gasteiger partial charge < -0.3 is 11.1 Å². The molecule has 1 saturated carbocycles. The van der Waals surface area contributed by atoms with Crippen LogP contribution in [-0.2, 0) is 4.79 Å². The lowest BCUT2D eigenvalue weighted by Gasteiger charge is -2.27. The van der Waals surface area contributed by atoms with Gasteiger partial charge in [-0.05, 0) is 50.5 Å². The molecule has 2 atom stereocenters. The summed E-state index contributed by atoms with van der Waals surface area (Å²) in [6, 6.07) is 10.1. The highest BCUT2D eigenvalue weighted by molar-refractivity contribution is 5.82. The maximum absolute atomic E-state index is 11.5. The van der Waals surface area contributed by atoms with Crippen molar-refractivity contribution >= 4 is 33.9 Å². The van der Waals surface area contributed by atoms with Gasteiger partial charge in [0.05, 0.1) is 17.4 Å². The molecule has 1 fully saturated rings. The van der Waals surface area contributed by atoms with E-state index >= 15 is 0 Å². The largest absolute Gasteiger partial charge is 0.369 e. The Hall–Kier alpha value is -3.62. The van der Waals surface area contributed by atoms with Crippen molar-refractivity contribution in [1.82, 2.24) is 29.9 Å². The van der Waals surface area contributed by atoms with E-state index in [-0.39, 0.29) is 17.9 Å². The molecule has 152 valence electrons. The molecule has 1 amide bonds. The normalized spacial score (nSPS) is 19.2. The first kappa shape index (κ1) is 18.4. The quantitative estimate of drug-likeness (QED) is 0.537. The number of amides is 1. The number of aromatic nitrogens is 6. The fraction of sp³-hybridized carbons (Fsp3) is 0.333. The Morgan fingerprint density at radius 1 is 1.17 bits per heavy atom. The number of carbonyl (C=O) groups is 1. The molecule has 9 heteroatoms. The Morgan fingerprint density at radius 3 is 2.93 bits per heavy atom. The Balaban J connectivity index is 1.46. The monoisotopic (exact) mass is 402 g/mol. The third kappa shape index (κ3) is 3.42. The number of pyridine rings is 1. The van der Waals surface area contributed by atoms with Crippen LogP contribution in [0, 0.1) is 12.8 Å². The van der Waals surface area contributed by atoms with Gasteiger partial charge in [0, 0.05) is 23.0 Å². The lowest BCUT2D eigenvalue weighted by atomic mass is 9.85. The van der Waals surface area contributed by atoms with Gasteiger partial charge in [-0.3, -0.25) is 9.78 Å². The predicted molar refractivity (Wildman–Crippen MR) is 113 cm³/mol. The summed E-state index contributed by atoms with van der Waals surface area (Å²) in [6.07, 6.45) is 5.12. The Morgan fingerprint density at radius 2 is 2.07 bits per heavy atom. The topological polar surface area (TPSA) is 124 Å². The zero-order chi connectivity index (χ0) is 20.7. The predicted octanol–water partition coefficient (Wildman–Crippen LogP) is 2.52. The molecular weight excluding hydrogens is 380 g/mol. The molecule has 1 aliphatic carbocycles. The molecule has 3 N–H and O–H groups in total. The summed E-state index contributed by atoms with van der Waals surface area (Å²) in [6.45, 7) is 1.97. The zero-order valence-electron chi connectivity index (χ0n) is 16.6. The third-order valence-corrected chi connectivity index (χ3v) is 5.66. The van der Waals surface area contributed by atoms with Gasteiger partial charge in [0.15, 0.2) is 11.2 Å². The van der Waals surface area contributed by atoms with Crippen LogP contribution in [0.25, 0.3) is 27.8 Å². The maximum atomic E-state index is 11.5. The van der Waals surface area contributed by atoms with Gasteiger partial charge in [0.2, 0.25) is 11.9 Å². The van der Waals surface area contributed by atoms with Crippen LogP contribution >= 0.6 is 0 Å². The SMILES string of the molecule is Cc1ccc2cc(-n3nnc4cnc(NC5CCCC(C(N)=O)C5)nc43)ccc2n1. The summed E-state index contributed by atoms with van der Waals surface area (Å²) in [7, 11) is 0. The number of hydrogen-bond donors (Lipinski definition) is 2. The van der Waals surface area contributed by atoms with Gasteiger partial charge in [0.1, 0.15) is 0 Å². The Labute approximate surface area is 172 Å². The van der Waals surface area contributed by atoms with E-state index < -0.39 is 0 Å². The molecule has 3 heterocycles. The Kier molecular flexibility index (Phi) is 4.50. The molecule has 3 aromatic heterocycles. The van der Waals surface area contributed by atoms with Crippen LogP contribution in [0.3, 0.4) is 0 Å². The number of primary amides is 1. The molecule has 0 bridgehead atoms. The lowest BCUT2D eigenvalue weighted by Crippen LogP contribution is -2.34. The number of nitrogens with zero attached hydrogens (tertiary/aromatic N) is 6. The number of nitrogens with two attached hydrogens (primary N) is 1. The molecular formula is C21H22N8O. The van der Waals surface area contributed by atoms with Crippen LogP contribution < -0.4 is 11.1 Å². The molecule has 30 heavy (non-hydrogen) atoms. The molecule has 0 saturated heterocycles. The number of anilines is 1. The van der Waals surface area contributed by atoms with Crippen molar-refractivity contribution in [3.63, 3.8) is 0 Å². The highest BCUT2D eigenvalue weighted by Crippen LogP contribution is 2.26. The second-order valence-electron chi connectivity index (χ2n) is 7.84. The molecule has 0 spiro atoms. The summed E-state index contributed by atoms with van der Waals surface area (Å²) >= 11 is 0. The van der Waals surface area contributed by atoms with Crippen LogP contribution in [0.1, 0.15) is 31.4 Å². The van der Waals surface area contributed by atoms with E-state index in [2.05, 4.69) is 30.6 Å². The van der Waals surface area contributed by atoms with E-state index in [1.807, 2.05) is 37.3 Å². The zero-order valence-corrected chi connectivity index (χ0v) is 16.6. The van der Waals surface area contributed by atoms with Gasteiger partial charge in [-0.25, -0.2) is 4.98 Å². The number of benzene rings is 1. The van der Waals surface area contributed by atoms with Crippen molar-refractivity contribution in [3.8, 4) is 5.69 Å². The van der Waals surface area contributed by atoms with Crippen molar-refractivity contribution in [2.45, 2.75) is 38.6 Å². The molecule has 0 radical (unpaired) electrons. The molecule has 4 aromatic rings. The minimum atomic E-state index is -0.235. The molecule has 0 aliphatic heterocycles. The lowest BCUT2D eigenvalue weighted by molar-refractivity contribution is -0.122. The second kappa shape index (κ2) is 7.33. The van der Waals surface area contributed by atoms with Gasteiger partial charge in [-0.2, -0.15) is 9.67 Å². The van der Waals surface area contributed by atoms with Gasteiger partial charge in [-0.15, -0.1) is 5.10 Å². The number of nitrogens with one attached hydrogen (secondary N) is 1. The third-order valence-electron chi connectivity index (χ3n) is 5.66. The highest BCUT2D eigenvalue weighted by atomic mass is 16.1. The average Bonchev–Trinajstić information content (AvgIpc) is 3.17. The first-order valence-corrected chi connectivity index (χ1v) is 10.1. The maximum Gasteiger partial charge on any atom is 0.225 e. The first-order valence-electron chi connectivity index (χ1n) is 10.1. The number of aryl methyl sites for hydroxylation is 1. The van der Waals surface area contributed by atoms with Crippen LogP contribution in [0.5, 0.6) is 0 Å². The van der Waals surface area contributed by atoms with Crippen molar-refractivity contribution in [3.05, 3.63) is 42.2 Å². The van der Waals surface area contributed by atoms with Crippen molar-refractivity contribution in [1.29, 1.82) is 0 Å². The van der Waals surface area contributed by atoms with Crippen LogP contribution in [-0.4, -0.2) is 41.9 Å². The van der Waals surface area contributed by atoms with E-state index in [0.717, 1.165) is 41.5 Å². The minimum Gasteiger partial charge on any atom is -0.369 e. The number of rotatable bonds is 4. The van der Waals surface area contributed by atoms with E-state index in [0.29, 0.717) is 23.5 Å². The van der Waals surface area contributed by atoms with Gasteiger partial charge >= 0.3 is 0 Å². The summed E-state index contributed by atoms with van der Waals surface area (Å²) in [5.74, 6) is 0.169. The van der Waals surface area contributed by atoms with E-state index in [4.69, 9.17) is 5.73 Å². The van der Waals surface area contributed by atoms with Crippen molar-refractivity contribution in [2.24, 2.45) is 11.7 Å². The molecule has 2 unspecified atom stereocenters. The summed E-state index contributed by atoms with van der Waals surface area (Å²) in [5.41, 5.74) is 9.49. The number of hydrogen-bond acceptors (Lipinski definition) is 7.